The molecule has 0 radical (unpaired) electrons. The number of amides is 2. The zero-order chi connectivity index (χ0) is 17.0. The Kier molecular flexibility index (Phi) is 5.17. The summed E-state index contributed by atoms with van der Waals surface area (Å²) in [6.45, 7) is 0. The fourth-order valence-electron chi connectivity index (χ4n) is 1.96. The van der Waals surface area contributed by atoms with Crippen molar-refractivity contribution in [2.75, 3.05) is 7.11 Å². The van der Waals surface area contributed by atoms with Crippen molar-refractivity contribution < 1.29 is 14.3 Å². The Hall–Kier alpha value is -2.61. The number of benzene rings is 1. The van der Waals surface area contributed by atoms with Gasteiger partial charge in [0.25, 0.3) is 5.91 Å². The van der Waals surface area contributed by atoms with Crippen molar-refractivity contribution in [2.24, 2.45) is 5.73 Å². The molecule has 1 aromatic carbocycles. The van der Waals surface area contributed by atoms with E-state index in [2.05, 4.69) is 26.2 Å². The maximum atomic E-state index is 12.2. The minimum atomic E-state index is -1.02. The molecule has 0 bridgehead atoms. The predicted molar refractivity (Wildman–Crippen MR) is 87.2 cm³/mol. The van der Waals surface area contributed by atoms with Crippen LogP contribution in [0.25, 0.3) is 0 Å². The third-order valence-electron chi connectivity index (χ3n) is 3.08. The van der Waals surface area contributed by atoms with Gasteiger partial charge in [0.05, 0.1) is 7.11 Å². The average Bonchev–Trinajstić information content (AvgIpc) is 2.51. The number of hydrogen-bond acceptors (Lipinski definition) is 4. The summed E-state index contributed by atoms with van der Waals surface area (Å²) in [7, 11) is 1.35. The molecule has 8 heteroatoms. The van der Waals surface area contributed by atoms with Gasteiger partial charge >= 0.3 is 0 Å². The molecule has 1 atom stereocenters. The van der Waals surface area contributed by atoms with Crippen molar-refractivity contribution in [1.82, 2.24) is 10.3 Å². The number of rotatable bonds is 5. The molecule has 4 N–H and O–H groups in total. The largest absolute Gasteiger partial charge is 0.491 e. The van der Waals surface area contributed by atoms with Crippen LogP contribution in [0.15, 0.2) is 45.8 Å². The normalized spacial score (nSPS) is 11.6. The summed E-state index contributed by atoms with van der Waals surface area (Å²) >= 11 is 3.29. The minimum absolute atomic E-state index is 0.00273. The Labute approximate surface area is 140 Å². The summed E-state index contributed by atoms with van der Waals surface area (Å²) in [6.07, 6.45) is 1.27. The second-order valence-corrected chi connectivity index (χ2v) is 5.56. The lowest BCUT2D eigenvalue weighted by Gasteiger charge is -2.16. The molecular formula is C15H14BrN3O4. The number of ether oxygens (including phenoxy) is 1. The first-order valence-corrected chi connectivity index (χ1v) is 7.34. The van der Waals surface area contributed by atoms with Gasteiger partial charge in [-0.1, -0.05) is 28.1 Å². The van der Waals surface area contributed by atoms with Crippen molar-refractivity contribution in [1.29, 1.82) is 0 Å². The Morgan fingerprint density at radius 3 is 2.65 bits per heavy atom. The monoisotopic (exact) mass is 379 g/mol. The summed E-state index contributed by atoms with van der Waals surface area (Å²) in [6, 6.07) is 6.91. The van der Waals surface area contributed by atoms with Gasteiger partial charge in [-0.15, -0.1) is 0 Å². The van der Waals surface area contributed by atoms with Gasteiger partial charge in [0.2, 0.25) is 11.3 Å². The molecular weight excluding hydrogens is 366 g/mol. The van der Waals surface area contributed by atoms with Gasteiger partial charge in [-0.05, 0) is 17.7 Å². The molecule has 0 aliphatic rings. The average molecular weight is 380 g/mol. The van der Waals surface area contributed by atoms with E-state index >= 15 is 0 Å². The number of hydrogen-bond donors (Lipinski definition) is 3. The van der Waals surface area contributed by atoms with Crippen LogP contribution >= 0.6 is 15.9 Å². The van der Waals surface area contributed by atoms with Crippen molar-refractivity contribution in [3.63, 3.8) is 0 Å². The lowest BCUT2D eigenvalue weighted by molar-refractivity contribution is -0.120. The molecule has 0 aliphatic heterocycles. The van der Waals surface area contributed by atoms with Crippen molar-refractivity contribution in [3.8, 4) is 5.75 Å². The second kappa shape index (κ2) is 7.10. The van der Waals surface area contributed by atoms with E-state index in [0.717, 1.165) is 10.5 Å². The lowest BCUT2D eigenvalue weighted by Crippen LogP contribution is -2.38. The number of nitrogens with one attached hydrogen (secondary N) is 2. The Bertz CT molecular complexity index is 803. The third-order valence-corrected chi connectivity index (χ3v) is 3.58. The van der Waals surface area contributed by atoms with Gasteiger partial charge in [-0.3, -0.25) is 14.4 Å². The van der Waals surface area contributed by atoms with E-state index in [4.69, 9.17) is 10.5 Å². The standard InChI is InChI=1S/C15H14BrN3O4/c1-23-12-7-18-10(6-11(12)20)15(22)19-13(14(17)21)8-3-2-4-9(16)5-8/h2-7,13H,1H3,(H2,17,21)(H,18,20)(H,19,22). The molecule has 2 amide bonds. The SMILES string of the molecule is COc1c[nH]c(C(=O)NC(C(N)=O)c2cccc(Br)c2)cc1=O. The molecule has 2 aromatic rings. The van der Waals surface area contributed by atoms with E-state index in [1.54, 1.807) is 24.3 Å². The number of halogens is 1. The molecule has 120 valence electrons. The zero-order valence-corrected chi connectivity index (χ0v) is 13.7. The van der Waals surface area contributed by atoms with Crippen molar-refractivity contribution in [2.45, 2.75) is 6.04 Å². The van der Waals surface area contributed by atoms with Gasteiger partial charge < -0.3 is 20.8 Å². The maximum Gasteiger partial charge on any atom is 0.268 e. The number of H-pyrrole nitrogens is 1. The highest BCUT2D eigenvalue weighted by molar-refractivity contribution is 9.10. The van der Waals surface area contributed by atoms with Gasteiger partial charge in [-0.2, -0.15) is 0 Å². The predicted octanol–water partition coefficient (Wildman–Crippen LogP) is 1.10. The van der Waals surface area contributed by atoms with Gasteiger partial charge in [0, 0.05) is 16.7 Å². The number of aromatic amines is 1. The van der Waals surface area contributed by atoms with Gasteiger partial charge in [-0.25, -0.2) is 0 Å². The highest BCUT2D eigenvalue weighted by Gasteiger charge is 2.22. The first-order valence-electron chi connectivity index (χ1n) is 6.54. The second-order valence-electron chi connectivity index (χ2n) is 4.64. The minimum Gasteiger partial charge on any atom is -0.491 e. The number of primary amides is 1. The first-order chi connectivity index (χ1) is 10.9. The third kappa shape index (κ3) is 3.98. The van der Waals surface area contributed by atoms with Gasteiger partial charge in [0.1, 0.15) is 11.7 Å². The Morgan fingerprint density at radius 2 is 2.09 bits per heavy atom. The highest BCUT2D eigenvalue weighted by Crippen LogP contribution is 2.18. The fraction of sp³-hybridized carbons (Fsp3) is 0.133. The van der Waals surface area contributed by atoms with E-state index < -0.39 is 23.3 Å². The summed E-state index contributed by atoms with van der Waals surface area (Å²) < 4.78 is 5.57. The van der Waals surface area contributed by atoms with Crippen LogP contribution in [-0.2, 0) is 4.79 Å². The molecule has 23 heavy (non-hydrogen) atoms. The number of nitrogens with two attached hydrogens (primary N) is 1. The molecule has 0 aliphatic carbocycles. The molecule has 1 aromatic heterocycles. The number of carbonyl (C=O) groups is 2. The fourth-order valence-corrected chi connectivity index (χ4v) is 2.38. The summed E-state index contributed by atoms with van der Waals surface area (Å²) in [5.41, 5.74) is 5.43. The van der Waals surface area contributed by atoms with Crippen LogP contribution in [-0.4, -0.2) is 23.9 Å². The molecule has 1 unspecified atom stereocenters. The molecule has 1 heterocycles. The summed E-state index contributed by atoms with van der Waals surface area (Å²) in [4.78, 5) is 38.2. The van der Waals surface area contributed by atoms with Gasteiger partial charge in [0.15, 0.2) is 5.75 Å². The van der Waals surface area contributed by atoms with Crippen LogP contribution in [0.1, 0.15) is 22.1 Å². The summed E-state index contributed by atoms with van der Waals surface area (Å²) in [5.74, 6) is -1.26. The van der Waals surface area contributed by atoms with Crippen molar-refractivity contribution >= 4 is 27.7 Å². The highest BCUT2D eigenvalue weighted by atomic mass is 79.9. The van der Waals surface area contributed by atoms with Crippen LogP contribution in [0.5, 0.6) is 5.75 Å². The number of aromatic nitrogens is 1. The van der Waals surface area contributed by atoms with E-state index in [-0.39, 0.29) is 11.4 Å². The zero-order valence-electron chi connectivity index (χ0n) is 12.1. The number of methoxy groups -OCH3 is 1. The van der Waals surface area contributed by atoms with Crippen molar-refractivity contribution in [3.05, 3.63) is 62.5 Å². The van der Waals surface area contributed by atoms with Crippen LogP contribution in [0, 0.1) is 0 Å². The first kappa shape index (κ1) is 16.8. The lowest BCUT2D eigenvalue weighted by atomic mass is 10.1. The number of pyridine rings is 1. The van der Waals surface area contributed by atoms with Crippen LogP contribution < -0.4 is 21.2 Å². The summed E-state index contributed by atoms with van der Waals surface area (Å²) in [5, 5.41) is 2.50. The maximum absolute atomic E-state index is 12.2. The van der Waals surface area contributed by atoms with E-state index in [9.17, 15) is 14.4 Å². The van der Waals surface area contributed by atoms with Crippen LogP contribution in [0.3, 0.4) is 0 Å². The Morgan fingerprint density at radius 1 is 1.35 bits per heavy atom. The molecule has 0 saturated heterocycles. The number of carbonyl (C=O) groups excluding carboxylic acids is 2. The molecule has 7 nitrogen and oxygen atoms in total. The quantitative estimate of drug-likeness (QED) is 0.721. The van der Waals surface area contributed by atoms with E-state index in [0.29, 0.717) is 5.56 Å². The Balaban J connectivity index is 2.27. The van der Waals surface area contributed by atoms with E-state index in [1.807, 2.05) is 0 Å². The topological polar surface area (TPSA) is 114 Å². The smallest absolute Gasteiger partial charge is 0.268 e. The van der Waals surface area contributed by atoms with Crippen LogP contribution in [0.2, 0.25) is 0 Å². The van der Waals surface area contributed by atoms with Crippen LogP contribution in [0.4, 0.5) is 0 Å². The van der Waals surface area contributed by atoms with E-state index in [1.165, 1.54) is 13.3 Å². The molecule has 0 saturated carbocycles. The molecule has 2 rings (SSSR count). The molecule has 0 fully saturated rings. The molecule has 0 spiro atoms.